The van der Waals surface area contributed by atoms with Gasteiger partial charge in [0, 0.05) is 18.8 Å². The van der Waals surface area contributed by atoms with E-state index in [1.807, 2.05) is 13.8 Å². The van der Waals surface area contributed by atoms with E-state index in [1.54, 1.807) is 28.8 Å². The molecule has 0 heterocycles. The van der Waals surface area contributed by atoms with Crippen molar-refractivity contribution in [3.8, 4) is 0 Å². The van der Waals surface area contributed by atoms with Crippen LogP contribution in [-0.2, 0) is 21.9 Å². The molecule has 0 aromatic heterocycles. The van der Waals surface area contributed by atoms with Crippen molar-refractivity contribution in [2.24, 2.45) is 0 Å². The van der Waals surface area contributed by atoms with E-state index in [1.165, 1.54) is 28.8 Å². The van der Waals surface area contributed by atoms with Crippen LogP contribution in [0.3, 0.4) is 0 Å². The second kappa shape index (κ2) is 11.7. The zero-order valence-electron chi connectivity index (χ0n) is 18.2. The van der Waals surface area contributed by atoms with E-state index < -0.39 is 6.04 Å². The SMILES string of the molecule is CCNC(=O)C(CC)N(Cc1ccc(F)cc1)C(=O)CSCc1cc(C)cc(C)c1. The fourth-order valence-electron chi connectivity index (χ4n) is 3.49. The largest absolute Gasteiger partial charge is 0.355 e. The van der Waals surface area contributed by atoms with E-state index in [0.29, 0.717) is 13.0 Å². The maximum Gasteiger partial charge on any atom is 0.242 e. The molecule has 2 aromatic carbocycles. The smallest absolute Gasteiger partial charge is 0.242 e. The van der Waals surface area contributed by atoms with Crippen LogP contribution in [0.2, 0.25) is 0 Å². The summed E-state index contributed by atoms with van der Waals surface area (Å²) < 4.78 is 13.3. The van der Waals surface area contributed by atoms with E-state index in [0.717, 1.165) is 11.3 Å². The molecule has 6 heteroatoms. The standard InChI is InChI=1S/C24H31FN2O2S/c1-5-22(24(29)26-6-2)27(14-19-7-9-21(25)10-8-19)23(28)16-30-15-20-12-17(3)11-18(4)13-20/h7-13,22H,5-6,14-16H2,1-4H3,(H,26,29). The Hall–Kier alpha value is -2.34. The van der Waals surface area contributed by atoms with Gasteiger partial charge in [-0.15, -0.1) is 11.8 Å². The Morgan fingerprint density at radius 1 is 1.03 bits per heavy atom. The first kappa shape index (κ1) is 23.9. The van der Waals surface area contributed by atoms with Gasteiger partial charge in [0.05, 0.1) is 5.75 Å². The fourth-order valence-corrected chi connectivity index (χ4v) is 4.33. The number of carbonyl (C=O) groups is 2. The third-order valence-electron chi connectivity index (χ3n) is 4.78. The van der Waals surface area contributed by atoms with Gasteiger partial charge in [-0.1, -0.05) is 48.4 Å². The van der Waals surface area contributed by atoms with Crippen LogP contribution in [0.25, 0.3) is 0 Å². The number of nitrogens with zero attached hydrogens (tertiary/aromatic N) is 1. The summed E-state index contributed by atoms with van der Waals surface area (Å²) in [6.45, 7) is 8.67. The minimum absolute atomic E-state index is 0.0909. The number of carbonyl (C=O) groups excluding carboxylic acids is 2. The molecule has 0 spiro atoms. The molecule has 2 amide bonds. The summed E-state index contributed by atoms with van der Waals surface area (Å²) in [4.78, 5) is 27.3. The highest BCUT2D eigenvalue weighted by molar-refractivity contribution is 7.99. The molecule has 0 aliphatic heterocycles. The number of rotatable bonds is 10. The average Bonchev–Trinajstić information content (AvgIpc) is 2.68. The van der Waals surface area contributed by atoms with Gasteiger partial charge in [-0.3, -0.25) is 9.59 Å². The molecule has 0 aliphatic rings. The summed E-state index contributed by atoms with van der Waals surface area (Å²) in [6, 6.07) is 11.9. The molecule has 0 radical (unpaired) electrons. The number of nitrogens with one attached hydrogen (secondary N) is 1. The van der Waals surface area contributed by atoms with Gasteiger partial charge >= 0.3 is 0 Å². The number of benzene rings is 2. The van der Waals surface area contributed by atoms with Crippen LogP contribution < -0.4 is 5.32 Å². The Labute approximate surface area is 183 Å². The molecule has 2 aromatic rings. The third kappa shape index (κ3) is 7.17. The lowest BCUT2D eigenvalue weighted by molar-refractivity contribution is -0.139. The van der Waals surface area contributed by atoms with Crippen molar-refractivity contribution in [2.45, 2.75) is 52.5 Å². The van der Waals surface area contributed by atoms with Crippen molar-refractivity contribution in [3.63, 3.8) is 0 Å². The monoisotopic (exact) mass is 430 g/mol. The zero-order chi connectivity index (χ0) is 22.1. The Bertz CT molecular complexity index is 835. The molecular weight excluding hydrogens is 399 g/mol. The van der Waals surface area contributed by atoms with Gasteiger partial charge in [0.25, 0.3) is 0 Å². The van der Waals surface area contributed by atoms with Crippen LogP contribution in [0, 0.1) is 19.7 Å². The number of hydrogen-bond donors (Lipinski definition) is 1. The van der Waals surface area contributed by atoms with Crippen LogP contribution in [0.15, 0.2) is 42.5 Å². The minimum atomic E-state index is -0.552. The summed E-state index contributed by atoms with van der Waals surface area (Å²) in [6.07, 6.45) is 0.514. The lowest BCUT2D eigenvalue weighted by atomic mass is 10.1. The summed E-state index contributed by atoms with van der Waals surface area (Å²) >= 11 is 1.54. The van der Waals surface area contributed by atoms with Crippen molar-refractivity contribution >= 4 is 23.6 Å². The number of aryl methyl sites for hydroxylation is 2. The molecule has 30 heavy (non-hydrogen) atoms. The van der Waals surface area contributed by atoms with Crippen molar-refractivity contribution in [2.75, 3.05) is 12.3 Å². The molecule has 0 aliphatic carbocycles. The summed E-state index contributed by atoms with van der Waals surface area (Å²) in [5.41, 5.74) is 4.40. The molecule has 1 unspecified atom stereocenters. The molecule has 0 fully saturated rings. The van der Waals surface area contributed by atoms with E-state index >= 15 is 0 Å². The fraction of sp³-hybridized carbons (Fsp3) is 0.417. The van der Waals surface area contributed by atoms with Gasteiger partial charge < -0.3 is 10.2 Å². The lowest BCUT2D eigenvalue weighted by Crippen LogP contribution is -2.49. The van der Waals surface area contributed by atoms with Gasteiger partial charge in [0.15, 0.2) is 0 Å². The summed E-state index contributed by atoms with van der Waals surface area (Å²) in [7, 11) is 0. The van der Waals surface area contributed by atoms with E-state index in [4.69, 9.17) is 0 Å². The molecule has 0 saturated heterocycles. The Morgan fingerprint density at radius 3 is 2.23 bits per heavy atom. The van der Waals surface area contributed by atoms with Crippen LogP contribution in [0.1, 0.15) is 42.5 Å². The maximum atomic E-state index is 13.3. The van der Waals surface area contributed by atoms with Crippen molar-refractivity contribution in [1.29, 1.82) is 0 Å². The highest BCUT2D eigenvalue weighted by Gasteiger charge is 2.28. The molecular formula is C24H31FN2O2S. The lowest BCUT2D eigenvalue weighted by Gasteiger charge is -2.30. The highest BCUT2D eigenvalue weighted by Crippen LogP contribution is 2.19. The Kier molecular flexibility index (Phi) is 9.37. The first-order chi connectivity index (χ1) is 14.3. The number of thioether (sulfide) groups is 1. The molecule has 0 saturated carbocycles. The topological polar surface area (TPSA) is 49.4 Å². The number of halogens is 1. The summed E-state index contributed by atoms with van der Waals surface area (Å²) in [5, 5.41) is 2.82. The molecule has 0 bridgehead atoms. The van der Waals surface area contributed by atoms with Crippen LogP contribution in [0.4, 0.5) is 4.39 Å². The molecule has 1 atom stereocenters. The third-order valence-corrected chi connectivity index (χ3v) is 5.77. The maximum absolute atomic E-state index is 13.3. The van der Waals surface area contributed by atoms with Gasteiger partial charge in [-0.2, -0.15) is 0 Å². The Morgan fingerprint density at radius 2 is 1.67 bits per heavy atom. The van der Waals surface area contributed by atoms with E-state index in [9.17, 15) is 14.0 Å². The molecule has 4 nitrogen and oxygen atoms in total. The first-order valence-electron chi connectivity index (χ1n) is 10.3. The highest BCUT2D eigenvalue weighted by atomic mass is 32.2. The van der Waals surface area contributed by atoms with Gasteiger partial charge in [0.2, 0.25) is 11.8 Å². The molecule has 1 N–H and O–H groups in total. The van der Waals surface area contributed by atoms with Crippen molar-refractivity contribution in [3.05, 3.63) is 70.5 Å². The second-order valence-corrected chi connectivity index (χ2v) is 8.44. The number of amides is 2. The normalized spacial score (nSPS) is 11.8. The van der Waals surface area contributed by atoms with Gasteiger partial charge in [-0.05, 0) is 50.5 Å². The number of hydrogen-bond acceptors (Lipinski definition) is 3. The van der Waals surface area contributed by atoms with Crippen LogP contribution in [-0.4, -0.2) is 35.1 Å². The van der Waals surface area contributed by atoms with Crippen molar-refractivity contribution in [1.82, 2.24) is 10.2 Å². The Balaban J connectivity index is 2.11. The first-order valence-corrected chi connectivity index (χ1v) is 11.5. The molecule has 2 rings (SSSR count). The zero-order valence-corrected chi connectivity index (χ0v) is 19.0. The quantitative estimate of drug-likeness (QED) is 0.598. The predicted molar refractivity (Wildman–Crippen MR) is 122 cm³/mol. The van der Waals surface area contributed by atoms with Crippen LogP contribution >= 0.6 is 11.8 Å². The minimum Gasteiger partial charge on any atom is -0.355 e. The van der Waals surface area contributed by atoms with Crippen LogP contribution in [0.5, 0.6) is 0 Å². The summed E-state index contributed by atoms with van der Waals surface area (Å²) in [5.74, 6) is 0.443. The van der Waals surface area contributed by atoms with E-state index in [-0.39, 0.29) is 29.9 Å². The average molecular weight is 431 g/mol. The van der Waals surface area contributed by atoms with Gasteiger partial charge in [-0.25, -0.2) is 4.39 Å². The predicted octanol–water partition coefficient (Wildman–Crippen LogP) is 4.62. The number of likely N-dealkylation sites (N-methyl/N-ethyl adjacent to an activating group) is 1. The second-order valence-electron chi connectivity index (χ2n) is 7.46. The van der Waals surface area contributed by atoms with Gasteiger partial charge in [0.1, 0.15) is 11.9 Å². The molecule has 162 valence electrons. The van der Waals surface area contributed by atoms with Crippen molar-refractivity contribution < 1.29 is 14.0 Å². The van der Waals surface area contributed by atoms with E-state index in [2.05, 4.69) is 37.4 Å².